The summed E-state index contributed by atoms with van der Waals surface area (Å²) in [7, 11) is 0. The van der Waals surface area contributed by atoms with Crippen molar-refractivity contribution in [2.45, 2.75) is 39.0 Å². The molecule has 1 aliphatic heterocycles. The van der Waals surface area contributed by atoms with Crippen molar-refractivity contribution in [3.63, 3.8) is 0 Å². The number of benzene rings is 1. The van der Waals surface area contributed by atoms with Crippen LogP contribution < -0.4 is 0 Å². The van der Waals surface area contributed by atoms with Crippen LogP contribution in [-0.4, -0.2) is 52.8 Å². The number of nitrogens with zero attached hydrogens (tertiary/aromatic N) is 2. The van der Waals surface area contributed by atoms with Gasteiger partial charge >= 0.3 is 0 Å². The van der Waals surface area contributed by atoms with Crippen molar-refractivity contribution in [2.75, 3.05) is 26.2 Å². The van der Waals surface area contributed by atoms with Gasteiger partial charge in [-0.3, -0.25) is 9.59 Å². The number of fused-ring (bicyclic) bond motifs is 1. The van der Waals surface area contributed by atoms with Crippen molar-refractivity contribution >= 4 is 22.7 Å². The highest BCUT2D eigenvalue weighted by Crippen LogP contribution is 2.27. The molecular weight excluding hydrogens is 326 g/mol. The van der Waals surface area contributed by atoms with Crippen LogP contribution in [0.2, 0.25) is 0 Å². The van der Waals surface area contributed by atoms with Crippen LogP contribution in [-0.2, 0) is 4.79 Å². The Morgan fingerprint density at radius 2 is 1.62 bits per heavy atom. The SMILES string of the molecule is Cc1[nH]c2ccccc2c1C(=O)N1CCN(C(=O)C2CCCCC2)CC1. The van der Waals surface area contributed by atoms with E-state index < -0.39 is 0 Å². The third-order valence-electron chi connectivity index (χ3n) is 5.94. The minimum atomic E-state index is 0.0738. The molecule has 26 heavy (non-hydrogen) atoms. The summed E-state index contributed by atoms with van der Waals surface area (Å²) in [5, 5.41) is 0.982. The van der Waals surface area contributed by atoms with E-state index in [-0.39, 0.29) is 11.8 Å². The molecule has 0 radical (unpaired) electrons. The van der Waals surface area contributed by atoms with Crippen LogP contribution >= 0.6 is 0 Å². The summed E-state index contributed by atoms with van der Waals surface area (Å²) in [5.41, 5.74) is 2.68. The summed E-state index contributed by atoms with van der Waals surface area (Å²) in [6.45, 7) is 4.51. The average molecular weight is 353 g/mol. The number of rotatable bonds is 2. The molecule has 4 rings (SSSR count). The maximum absolute atomic E-state index is 13.1. The fourth-order valence-electron chi connectivity index (χ4n) is 4.45. The second-order valence-corrected chi connectivity index (χ2v) is 7.62. The molecule has 0 unspecified atom stereocenters. The van der Waals surface area contributed by atoms with E-state index in [1.165, 1.54) is 19.3 Å². The first-order valence-corrected chi connectivity index (χ1v) is 9.80. The number of H-pyrrole nitrogens is 1. The van der Waals surface area contributed by atoms with Crippen molar-refractivity contribution in [2.24, 2.45) is 5.92 Å². The van der Waals surface area contributed by atoms with Gasteiger partial charge in [-0.2, -0.15) is 0 Å². The maximum Gasteiger partial charge on any atom is 0.256 e. The smallest absolute Gasteiger partial charge is 0.256 e. The van der Waals surface area contributed by atoms with E-state index in [0.717, 1.165) is 35.0 Å². The number of hydrogen-bond donors (Lipinski definition) is 1. The molecule has 0 atom stereocenters. The minimum absolute atomic E-state index is 0.0738. The number of carbonyl (C=O) groups is 2. The third-order valence-corrected chi connectivity index (χ3v) is 5.94. The number of piperazine rings is 1. The van der Waals surface area contributed by atoms with E-state index in [0.29, 0.717) is 32.1 Å². The topological polar surface area (TPSA) is 56.4 Å². The first kappa shape index (κ1) is 17.1. The summed E-state index contributed by atoms with van der Waals surface area (Å²) in [6, 6.07) is 7.93. The molecule has 0 bridgehead atoms. The highest BCUT2D eigenvalue weighted by molar-refractivity contribution is 6.08. The monoisotopic (exact) mass is 353 g/mol. The van der Waals surface area contributed by atoms with E-state index in [1.54, 1.807) is 0 Å². The molecule has 2 amide bonds. The Morgan fingerprint density at radius 1 is 0.962 bits per heavy atom. The van der Waals surface area contributed by atoms with E-state index in [4.69, 9.17) is 0 Å². The van der Waals surface area contributed by atoms with Crippen molar-refractivity contribution in [1.29, 1.82) is 0 Å². The second-order valence-electron chi connectivity index (χ2n) is 7.62. The van der Waals surface area contributed by atoms with Crippen LogP contribution in [0.25, 0.3) is 10.9 Å². The predicted molar refractivity (Wildman–Crippen MR) is 102 cm³/mol. The lowest BCUT2D eigenvalue weighted by molar-refractivity contribution is -0.138. The van der Waals surface area contributed by atoms with Gasteiger partial charge in [-0.15, -0.1) is 0 Å². The molecule has 1 aromatic carbocycles. The first-order chi connectivity index (χ1) is 12.6. The lowest BCUT2D eigenvalue weighted by Gasteiger charge is -2.37. The Morgan fingerprint density at radius 3 is 2.35 bits per heavy atom. The Hall–Kier alpha value is -2.30. The number of aromatic nitrogens is 1. The molecule has 5 nitrogen and oxygen atoms in total. The van der Waals surface area contributed by atoms with Crippen LogP contribution in [0, 0.1) is 12.8 Å². The van der Waals surface area contributed by atoms with Gasteiger partial charge in [-0.25, -0.2) is 0 Å². The Balaban J connectivity index is 1.43. The van der Waals surface area contributed by atoms with Crippen LogP contribution in [0.15, 0.2) is 24.3 Å². The third kappa shape index (κ3) is 3.11. The average Bonchev–Trinajstić information content (AvgIpc) is 3.03. The minimum Gasteiger partial charge on any atom is -0.358 e. The fraction of sp³-hybridized carbons (Fsp3) is 0.524. The lowest BCUT2D eigenvalue weighted by Crippen LogP contribution is -2.52. The van der Waals surface area contributed by atoms with Crippen LogP contribution in [0.5, 0.6) is 0 Å². The zero-order valence-corrected chi connectivity index (χ0v) is 15.5. The molecule has 1 aromatic heterocycles. The van der Waals surface area contributed by atoms with Crippen molar-refractivity contribution in [3.05, 3.63) is 35.5 Å². The van der Waals surface area contributed by atoms with Gasteiger partial charge in [0.25, 0.3) is 5.91 Å². The van der Waals surface area contributed by atoms with E-state index >= 15 is 0 Å². The number of hydrogen-bond acceptors (Lipinski definition) is 2. The second kappa shape index (κ2) is 7.14. The number of carbonyl (C=O) groups excluding carboxylic acids is 2. The lowest BCUT2D eigenvalue weighted by atomic mass is 9.88. The quantitative estimate of drug-likeness (QED) is 0.900. The molecule has 0 spiro atoms. The zero-order chi connectivity index (χ0) is 18.1. The van der Waals surface area contributed by atoms with E-state index in [1.807, 2.05) is 41.0 Å². The summed E-state index contributed by atoms with van der Waals surface area (Å²) in [5.74, 6) is 0.589. The van der Waals surface area contributed by atoms with Crippen LogP contribution in [0.4, 0.5) is 0 Å². The van der Waals surface area contributed by atoms with E-state index in [2.05, 4.69) is 4.98 Å². The number of nitrogens with one attached hydrogen (secondary N) is 1. The Bertz CT molecular complexity index is 812. The molecule has 1 aliphatic carbocycles. The predicted octanol–water partition coefficient (Wildman–Crippen LogP) is 3.34. The number of aromatic amines is 1. The van der Waals surface area contributed by atoms with Gasteiger partial charge < -0.3 is 14.8 Å². The van der Waals surface area contributed by atoms with Gasteiger partial charge in [-0.1, -0.05) is 37.5 Å². The number of para-hydroxylation sites is 1. The molecular formula is C21H27N3O2. The molecule has 1 saturated heterocycles. The molecule has 2 heterocycles. The summed E-state index contributed by atoms with van der Waals surface area (Å²) in [4.78, 5) is 33.0. The van der Waals surface area contributed by atoms with Crippen molar-refractivity contribution in [3.8, 4) is 0 Å². The fourth-order valence-corrected chi connectivity index (χ4v) is 4.45. The number of amides is 2. The molecule has 5 heteroatoms. The summed E-state index contributed by atoms with van der Waals surface area (Å²) in [6.07, 6.45) is 5.68. The highest BCUT2D eigenvalue weighted by Gasteiger charge is 2.31. The van der Waals surface area contributed by atoms with E-state index in [9.17, 15) is 9.59 Å². The number of aryl methyl sites for hydroxylation is 1. The highest BCUT2D eigenvalue weighted by atomic mass is 16.2. The maximum atomic E-state index is 13.1. The molecule has 1 N–H and O–H groups in total. The van der Waals surface area contributed by atoms with Crippen molar-refractivity contribution < 1.29 is 9.59 Å². The molecule has 1 saturated carbocycles. The van der Waals surface area contributed by atoms with Gasteiger partial charge in [0.15, 0.2) is 0 Å². The molecule has 138 valence electrons. The molecule has 2 aromatic rings. The molecule has 2 fully saturated rings. The normalized spacial score (nSPS) is 19.1. The standard InChI is InChI=1S/C21H27N3O2/c1-15-19(17-9-5-6-10-18(17)22-15)21(26)24-13-11-23(12-14-24)20(25)16-7-3-2-4-8-16/h5-6,9-10,16,22H,2-4,7-8,11-14H2,1H3. The van der Waals surface area contributed by atoms with Gasteiger partial charge in [0, 0.05) is 48.7 Å². The summed E-state index contributed by atoms with van der Waals surface area (Å²) >= 11 is 0. The van der Waals surface area contributed by atoms with Gasteiger partial charge in [-0.05, 0) is 25.8 Å². The largest absolute Gasteiger partial charge is 0.358 e. The zero-order valence-electron chi connectivity index (χ0n) is 15.5. The summed E-state index contributed by atoms with van der Waals surface area (Å²) < 4.78 is 0. The van der Waals surface area contributed by atoms with Crippen LogP contribution in [0.3, 0.4) is 0 Å². The Labute approximate surface area is 154 Å². The van der Waals surface area contributed by atoms with Gasteiger partial charge in [0.1, 0.15) is 0 Å². The first-order valence-electron chi connectivity index (χ1n) is 9.80. The molecule has 2 aliphatic rings. The van der Waals surface area contributed by atoms with Gasteiger partial charge in [0.2, 0.25) is 5.91 Å². The Kier molecular flexibility index (Phi) is 4.70. The van der Waals surface area contributed by atoms with Gasteiger partial charge in [0.05, 0.1) is 5.56 Å². The van der Waals surface area contributed by atoms with Crippen molar-refractivity contribution in [1.82, 2.24) is 14.8 Å². The van der Waals surface area contributed by atoms with Crippen LogP contribution in [0.1, 0.15) is 48.2 Å².